The van der Waals surface area contributed by atoms with E-state index in [0.717, 1.165) is 12.0 Å². The second-order valence-corrected chi connectivity index (χ2v) is 6.74. The Hall–Kier alpha value is -1.67. The van der Waals surface area contributed by atoms with E-state index in [2.05, 4.69) is 50.4 Å². The van der Waals surface area contributed by atoms with Crippen molar-refractivity contribution in [3.63, 3.8) is 0 Å². The van der Waals surface area contributed by atoms with Crippen LogP contribution in [0, 0.1) is 11.2 Å². The summed E-state index contributed by atoms with van der Waals surface area (Å²) < 4.78 is 13.1. The molecule has 3 rings (SSSR count). The van der Waals surface area contributed by atoms with E-state index in [1.807, 2.05) is 12.1 Å². The number of halogens is 1. The maximum atomic E-state index is 13.1. The van der Waals surface area contributed by atoms with E-state index in [9.17, 15) is 4.39 Å². The minimum absolute atomic E-state index is 0.183. The van der Waals surface area contributed by atoms with Crippen molar-refractivity contribution in [3.8, 4) is 0 Å². The number of nitrogens with one attached hydrogen (secondary N) is 1. The minimum atomic E-state index is -0.183. The average Bonchev–Trinajstić information content (AvgIpc) is 2.70. The van der Waals surface area contributed by atoms with Crippen molar-refractivity contribution >= 4 is 0 Å². The van der Waals surface area contributed by atoms with E-state index in [0.29, 0.717) is 6.04 Å². The Bertz CT molecular complexity index is 630. The fourth-order valence-electron chi connectivity index (χ4n) is 3.40. The largest absolute Gasteiger partial charge is 0.303 e. The molecule has 0 amide bonds. The first-order valence-corrected chi connectivity index (χ1v) is 7.57. The van der Waals surface area contributed by atoms with Gasteiger partial charge in [-0.2, -0.15) is 0 Å². The van der Waals surface area contributed by atoms with Gasteiger partial charge >= 0.3 is 0 Å². The summed E-state index contributed by atoms with van der Waals surface area (Å²) in [5, 5.41) is 3.74. The molecular formula is C19H22FN. The van der Waals surface area contributed by atoms with Gasteiger partial charge in [0, 0.05) is 12.1 Å². The third-order valence-electron chi connectivity index (χ3n) is 4.58. The molecule has 0 fully saturated rings. The van der Waals surface area contributed by atoms with E-state index in [1.54, 1.807) is 0 Å². The molecular weight excluding hydrogens is 261 g/mol. The minimum Gasteiger partial charge on any atom is -0.303 e. The molecule has 2 aromatic rings. The van der Waals surface area contributed by atoms with Gasteiger partial charge in [-0.25, -0.2) is 4.39 Å². The van der Waals surface area contributed by atoms with Crippen molar-refractivity contribution in [1.82, 2.24) is 5.32 Å². The van der Waals surface area contributed by atoms with Crippen LogP contribution in [-0.4, -0.2) is 0 Å². The van der Waals surface area contributed by atoms with Crippen LogP contribution in [0.1, 0.15) is 49.5 Å². The number of hydrogen-bond acceptors (Lipinski definition) is 1. The van der Waals surface area contributed by atoms with Crippen molar-refractivity contribution in [3.05, 3.63) is 71.0 Å². The fraction of sp³-hybridized carbons (Fsp3) is 0.368. The summed E-state index contributed by atoms with van der Waals surface area (Å²) in [7, 11) is 0. The van der Waals surface area contributed by atoms with Crippen LogP contribution in [0.2, 0.25) is 0 Å². The number of rotatable bonds is 3. The predicted molar refractivity (Wildman–Crippen MR) is 84.6 cm³/mol. The molecule has 0 aliphatic heterocycles. The zero-order valence-electron chi connectivity index (χ0n) is 12.9. The highest BCUT2D eigenvalue weighted by atomic mass is 19.1. The van der Waals surface area contributed by atoms with Crippen LogP contribution in [0.25, 0.3) is 0 Å². The second kappa shape index (κ2) is 5.27. The number of benzene rings is 2. The highest BCUT2D eigenvalue weighted by Crippen LogP contribution is 2.45. The summed E-state index contributed by atoms with van der Waals surface area (Å²) in [6.45, 7) is 6.76. The summed E-state index contributed by atoms with van der Waals surface area (Å²) in [4.78, 5) is 0. The predicted octanol–water partition coefficient (Wildman–Crippen LogP) is 4.80. The SMILES string of the molecule is CC(NC1c2ccccc2CC1(C)C)c1ccc(F)cc1. The highest BCUT2D eigenvalue weighted by molar-refractivity contribution is 5.38. The highest BCUT2D eigenvalue weighted by Gasteiger charge is 2.39. The molecule has 0 saturated carbocycles. The molecule has 1 nitrogen and oxygen atoms in total. The lowest BCUT2D eigenvalue weighted by Gasteiger charge is -2.31. The molecule has 2 heteroatoms. The van der Waals surface area contributed by atoms with Crippen LogP contribution < -0.4 is 5.32 Å². The molecule has 0 heterocycles. The lowest BCUT2D eigenvalue weighted by molar-refractivity contribution is 0.252. The first-order chi connectivity index (χ1) is 9.97. The van der Waals surface area contributed by atoms with Crippen molar-refractivity contribution in [2.45, 2.75) is 39.3 Å². The summed E-state index contributed by atoms with van der Waals surface area (Å²) >= 11 is 0. The Morgan fingerprint density at radius 2 is 1.76 bits per heavy atom. The van der Waals surface area contributed by atoms with E-state index in [-0.39, 0.29) is 17.3 Å². The van der Waals surface area contributed by atoms with Gasteiger partial charge in [-0.1, -0.05) is 50.2 Å². The topological polar surface area (TPSA) is 12.0 Å². The maximum Gasteiger partial charge on any atom is 0.123 e. The van der Waals surface area contributed by atoms with Gasteiger partial charge in [0.1, 0.15) is 5.82 Å². The van der Waals surface area contributed by atoms with Gasteiger partial charge in [0.2, 0.25) is 0 Å². The van der Waals surface area contributed by atoms with Crippen LogP contribution in [0.3, 0.4) is 0 Å². The molecule has 0 bridgehead atoms. The third-order valence-corrected chi connectivity index (χ3v) is 4.58. The average molecular weight is 283 g/mol. The molecule has 2 unspecified atom stereocenters. The molecule has 110 valence electrons. The van der Waals surface area contributed by atoms with Gasteiger partial charge in [0.05, 0.1) is 0 Å². The molecule has 0 aromatic heterocycles. The lowest BCUT2D eigenvalue weighted by Crippen LogP contribution is -2.33. The van der Waals surface area contributed by atoms with Gasteiger partial charge in [0.25, 0.3) is 0 Å². The third kappa shape index (κ3) is 2.73. The molecule has 1 N–H and O–H groups in total. The van der Waals surface area contributed by atoms with Gasteiger partial charge < -0.3 is 5.32 Å². The van der Waals surface area contributed by atoms with Gasteiger partial charge in [0.15, 0.2) is 0 Å². The standard InChI is InChI=1S/C19H22FN/c1-13(14-8-10-16(20)11-9-14)21-18-17-7-5-4-6-15(17)12-19(18,2)3/h4-11,13,18,21H,12H2,1-3H3. The zero-order valence-corrected chi connectivity index (χ0v) is 12.9. The molecule has 21 heavy (non-hydrogen) atoms. The maximum absolute atomic E-state index is 13.1. The van der Waals surface area contributed by atoms with E-state index < -0.39 is 0 Å². The van der Waals surface area contributed by atoms with Crippen molar-refractivity contribution in [2.24, 2.45) is 5.41 Å². The quantitative estimate of drug-likeness (QED) is 0.853. The Balaban J connectivity index is 1.85. The monoisotopic (exact) mass is 283 g/mol. The second-order valence-electron chi connectivity index (χ2n) is 6.74. The molecule has 0 radical (unpaired) electrons. The normalized spacial score (nSPS) is 21.0. The van der Waals surface area contributed by atoms with E-state index in [1.165, 1.54) is 23.3 Å². The van der Waals surface area contributed by atoms with Crippen molar-refractivity contribution in [2.75, 3.05) is 0 Å². The van der Waals surface area contributed by atoms with Crippen LogP contribution in [0.5, 0.6) is 0 Å². The Morgan fingerprint density at radius 1 is 1.10 bits per heavy atom. The summed E-state index contributed by atoms with van der Waals surface area (Å²) in [6.07, 6.45) is 1.09. The number of fused-ring (bicyclic) bond motifs is 1. The van der Waals surface area contributed by atoms with Crippen molar-refractivity contribution < 1.29 is 4.39 Å². The van der Waals surface area contributed by atoms with E-state index >= 15 is 0 Å². The van der Waals surface area contributed by atoms with Gasteiger partial charge in [-0.3, -0.25) is 0 Å². The molecule has 0 spiro atoms. The van der Waals surface area contributed by atoms with Crippen LogP contribution in [0.4, 0.5) is 4.39 Å². The molecule has 2 aromatic carbocycles. The first kappa shape index (κ1) is 14.3. The van der Waals surface area contributed by atoms with Crippen LogP contribution >= 0.6 is 0 Å². The van der Waals surface area contributed by atoms with Gasteiger partial charge in [-0.05, 0) is 47.6 Å². The molecule has 2 atom stereocenters. The Morgan fingerprint density at radius 3 is 2.48 bits per heavy atom. The Kier molecular flexibility index (Phi) is 3.58. The Labute approximate surface area is 126 Å². The summed E-state index contributed by atoms with van der Waals surface area (Å²) in [5.41, 5.74) is 4.15. The molecule has 1 aliphatic rings. The fourth-order valence-corrected chi connectivity index (χ4v) is 3.40. The molecule has 1 aliphatic carbocycles. The summed E-state index contributed by atoms with van der Waals surface area (Å²) in [5.74, 6) is -0.183. The first-order valence-electron chi connectivity index (χ1n) is 7.57. The smallest absolute Gasteiger partial charge is 0.123 e. The van der Waals surface area contributed by atoms with E-state index in [4.69, 9.17) is 0 Å². The number of hydrogen-bond donors (Lipinski definition) is 1. The van der Waals surface area contributed by atoms with Crippen LogP contribution in [-0.2, 0) is 6.42 Å². The van der Waals surface area contributed by atoms with Crippen LogP contribution in [0.15, 0.2) is 48.5 Å². The van der Waals surface area contributed by atoms with Gasteiger partial charge in [-0.15, -0.1) is 0 Å². The van der Waals surface area contributed by atoms with Crippen molar-refractivity contribution in [1.29, 1.82) is 0 Å². The molecule has 0 saturated heterocycles. The summed E-state index contributed by atoms with van der Waals surface area (Å²) in [6, 6.07) is 16.0. The zero-order chi connectivity index (χ0) is 15.0. The lowest BCUT2D eigenvalue weighted by atomic mass is 9.84.